The number of hydrogen-bond donors (Lipinski definition) is 1. The van der Waals surface area contributed by atoms with E-state index in [1.165, 1.54) is 4.68 Å². The predicted molar refractivity (Wildman–Crippen MR) is 127 cm³/mol. The van der Waals surface area contributed by atoms with E-state index in [4.69, 9.17) is 0 Å². The van der Waals surface area contributed by atoms with Gasteiger partial charge in [-0.05, 0) is 45.2 Å². The number of nitrogens with one attached hydrogen (secondary N) is 1. The summed E-state index contributed by atoms with van der Waals surface area (Å²) < 4.78 is 3.54. The molecule has 8 heteroatoms. The fourth-order valence-electron chi connectivity index (χ4n) is 4.62. The van der Waals surface area contributed by atoms with Crippen LogP contribution in [-0.2, 0) is 16.1 Å². The van der Waals surface area contributed by atoms with E-state index in [0.29, 0.717) is 44.3 Å². The molecule has 2 aromatic heterocycles. The average Bonchev–Trinajstić information content (AvgIpc) is 3.33. The number of likely N-dealkylation sites (tertiary alicyclic amines) is 1. The molecule has 3 aromatic rings. The SMILES string of the molecule is Cc1c2cnn(-c3ccccc3)c(=O)c2c(C)n1CCCC(=O)NCCCN1CCCC1=O. The van der Waals surface area contributed by atoms with Crippen molar-refractivity contribution < 1.29 is 9.59 Å². The van der Waals surface area contributed by atoms with Gasteiger partial charge in [-0.1, -0.05) is 18.2 Å². The Morgan fingerprint density at radius 2 is 1.85 bits per heavy atom. The molecule has 2 amide bonds. The van der Waals surface area contributed by atoms with Crippen molar-refractivity contribution in [3.63, 3.8) is 0 Å². The number of hydrogen-bond acceptors (Lipinski definition) is 4. The van der Waals surface area contributed by atoms with Crippen molar-refractivity contribution in [1.82, 2.24) is 24.6 Å². The molecule has 1 N–H and O–H groups in total. The van der Waals surface area contributed by atoms with E-state index in [-0.39, 0.29) is 17.4 Å². The maximum Gasteiger partial charge on any atom is 0.281 e. The van der Waals surface area contributed by atoms with E-state index in [2.05, 4.69) is 15.0 Å². The zero-order chi connectivity index (χ0) is 23.4. The van der Waals surface area contributed by atoms with Crippen LogP contribution >= 0.6 is 0 Å². The maximum atomic E-state index is 13.2. The molecule has 1 aliphatic heterocycles. The number of carbonyl (C=O) groups excluding carboxylic acids is 2. The summed E-state index contributed by atoms with van der Waals surface area (Å²) >= 11 is 0. The van der Waals surface area contributed by atoms with Gasteiger partial charge in [0.15, 0.2) is 0 Å². The van der Waals surface area contributed by atoms with Gasteiger partial charge in [0, 0.05) is 55.8 Å². The zero-order valence-electron chi connectivity index (χ0n) is 19.3. The van der Waals surface area contributed by atoms with Gasteiger partial charge < -0.3 is 14.8 Å². The van der Waals surface area contributed by atoms with Crippen LogP contribution in [0.4, 0.5) is 0 Å². The summed E-state index contributed by atoms with van der Waals surface area (Å²) in [5.74, 6) is 0.236. The minimum Gasteiger partial charge on any atom is -0.356 e. The van der Waals surface area contributed by atoms with Gasteiger partial charge in [-0.25, -0.2) is 0 Å². The van der Waals surface area contributed by atoms with Crippen molar-refractivity contribution in [3.05, 3.63) is 58.3 Å². The third-order valence-electron chi connectivity index (χ3n) is 6.42. The number of para-hydroxylation sites is 1. The van der Waals surface area contributed by atoms with Crippen LogP contribution in [0.2, 0.25) is 0 Å². The van der Waals surface area contributed by atoms with Crippen molar-refractivity contribution in [2.75, 3.05) is 19.6 Å². The Labute approximate surface area is 193 Å². The summed E-state index contributed by atoms with van der Waals surface area (Å²) in [6.07, 6.45) is 5.21. The van der Waals surface area contributed by atoms with Gasteiger partial charge in [-0.15, -0.1) is 0 Å². The summed E-state index contributed by atoms with van der Waals surface area (Å²) in [6.45, 7) is 6.73. The molecule has 8 nitrogen and oxygen atoms in total. The lowest BCUT2D eigenvalue weighted by molar-refractivity contribution is -0.127. The second-order valence-corrected chi connectivity index (χ2v) is 8.60. The monoisotopic (exact) mass is 449 g/mol. The highest BCUT2D eigenvalue weighted by atomic mass is 16.2. The highest BCUT2D eigenvalue weighted by molar-refractivity contribution is 5.87. The van der Waals surface area contributed by atoms with E-state index in [1.807, 2.05) is 49.1 Å². The van der Waals surface area contributed by atoms with Gasteiger partial charge >= 0.3 is 0 Å². The van der Waals surface area contributed by atoms with Crippen LogP contribution in [0.25, 0.3) is 16.5 Å². The second kappa shape index (κ2) is 10.0. The normalized spacial score (nSPS) is 13.8. The first-order valence-corrected chi connectivity index (χ1v) is 11.6. The molecule has 0 radical (unpaired) electrons. The lowest BCUT2D eigenvalue weighted by atomic mass is 10.2. The minimum atomic E-state index is -0.132. The Morgan fingerprint density at radius 3 is 2.58 bits per heavy atom. The average molecular weight is 450 g/mol. The summed E-state index contributed by atoms with van der Waals surface area (Å²) in [4.78, 5) is 38.9. The molecular weight excluding hydrogens is 418 g/mol. The van der Waals surface area contributed by atoms with Crippen LogP contribution in [0.1, 0.15) is 43.5 Å². The zero-order valence-corrected chi connectivity index (χ0v) is 19.3. The Balaban J connectivity index is 1.35. The molecular formula is C25H31N5O3. The first kappa shape index (κ1) is 22.8. The highest BCUT2D eigenvalue weighted by Gasteiger charge is 2.19. The van der Waals surface area contributed by atoms with Crippen molar-refractivity contribution in [2.24, 2.45) is 0 Å². The molecule has 0 saturated carbocycles. The van der Waals surface area contributed by atoms with E-state index in [0.717, 1.165) is 41.8 Å². The Morgan fingerprint density at radius 1 is 1.06 bits per heavy atom. The summed E-state index contributed by atoms with van der Waals surface area (Å²) in [5.41, 5.74) is 2.49. The smallest absolute Gasteiger partial charge is 0.281 e. The van der Waals surface area contributed by atoms with Gasteiger partial charge in [0.25, 0.3) is 5.56 Å². The van der Waals surface area contributed by atoms with Crippen LogP contribution in [0, 0.1) is 13.8 Å². The second-order valence-electron chi connectivity index (χ2n) is 8.60. The molecule has 174 valence electrons. The number of carbonyl (C=O) groups is 2. The van der Waals surface area contributed by atoms with Gasteiger partial charge in [0.05, 0.1) is 17.3 Å². The Kier molecular flexibility index (Phi) is 6.91. The summed E-state index contributed by atoms with van der Waals surface area (Å²) in [6, 6.07) is 9.40. The third-order valence-corrected chi connectivity index (χ3v) is 6.42. The predicted octanol–water partition coefficient (Wildman–Crippen LogP) is 2.71. The van der Waals surface area contributed by atoms with Crippen LogP contribution in [0.3, 0.4) is 0 Å². The fourth-order valence-corrected chi connectivity index (χ4v) is 4.62. The van der Waals surface area contributed by atoms with Crippen LogP contribution < -0.4 is 10.9 Å². The lowest BCUT2D eigenvalue weighted by Crippen LogP contribution is -2.30. The van der Waals surface area contributed by atoms with Crippen molar-refractivity contribution >= 4 is 22.6 Å². The number of aryl methyl sites for hydroxylation is 2. The number of benzene rings is 1. The van der Waals surface area contributed by atoms with Gasteiger partial charge in [0.2, 0.25) is 11.8 Å². The van der Waals surface area contributed by atoms with Gasteiger partial charge in [-0.3, -0.25) is 14.4 Å². The number of amides is 2. The molecule has 1 aromatic carbocycles. The molecule has 3 heterocycles. The third kappa shape index (κ3) is 4.84. The largest absolute Gasteiger partial charge is 0.356 e. The van der Waals surface area contributed by atoms with E-state index in [9.17, 15) is 14.4 Å². The molecule has 0 bridgehead atoms. The molecule has 4 rings (SSSR count). The van der Waals surface area contributed by atoms with Crippen molar-refractivity contribution in [3.8, 4) is 5.69 Å². The molecule has 0 aliphatic carbocycles. The molecule has 0 atom stereocenters. The number of rotatable bonds is 9. The first-order chi connectivity index (χ1) is 16.0. The standard InChI is InChI=1S/C25H31N5O3/c1-18-21-17-27-30(20-9-4-3-5-10-20)25(33)24(21)19(2)29(18)16-6-11-22(31)26-13-8-15-28-14-7-12-23(28)32/h3-5,9-10,17H,6-8,11-16H2,1-2H3,(H,26,31). The quantitative estimate of drug-likeness (QED) is 0.509. The molecule has 1 fully saturated rings. The van der Waals surface area contributed by atoms with Crippen molar-refractivity contribution in [1.29, 1.82) is 0 Å². The molecule has 0 spiro atoms. The number of aromatic nitrogens is 3. The van der Waals surface area contributed by atoms with E-state index < -0.39 is 0 Å². The molecule has 1 aliphatic rings. The summed E-state index contributed by atoms with van der Waals surface area (Å²) in [5, 5.41) is 8.85. The fraction of sp³-hybridized carbons (Fsp3) is 0.440. The number of nitrogens with zero attached hydrogens (tertiary/aromatic N) is 4. The molecule has 33 heavy (non-hydrogen) atoms. The van der Waals surface area contributed by atoms with E-state index in [1.54, 1.807) is 6.20 Å². The van der Waals surface area contributed by atoms with Crippen LogP contribution in [0.15, 0.2) is 41.3 Å². The maximum absolute atomic E-state index is 13.2. The van der Waals surface area contributed by atoms with E-state index >= 15 is 0 Å². The lowest BCUT2D eigenvalue weighted by Gasteiger charge is -2.15. The Hall–Kier alpha value is -3.42. The first-order valence-electron chi connectivity index (χ1n) is 11.6. The summed E-state index contributed by atoms with van der Waals surface area (Å²) in [7, 11) is 0. The molecule has 0 unspecified atom stereocenters. The van der Waals surface area contributed by atoms with Crippen LogP contribution in [-0.4, -0.2) is 50.7 Å². The van der Waals surface area contributed by atoms with Crippen molar-refractivity contribution in [2.45, 2.75) is 52.5 Å². The number of fused-ring (bicyclic) bond motifs is 1. The van der Waals surface area contributed by atoms with Gasteiger partial charge in [-0.2, -0.15) is 9.78 Å². The highest BCUT2D eigenvalue weighted by Crippen LogP contribution is 2.23. The minimum absolute atomic E-state index is 0.0165. The van der Waals surface area contributed by atoms with Gasteiger partial charge in [0.1, 0.15) is 0 Å². The Bertz CT molecular complexity index is 1210. The topological polar surface area (TPSA) is 89.2 Å². The van der Waals surface area contributed by atoms with Crippen LogP contribution in [0.5, 0.6) is 0 Å². The molecule has 1 saturated heterocycles.